The molecule has 0 amide bonds. The van der Waals surface area contributed by atoms with E-state index in [1.165, 1.54) is 10.4 Å². The lowest BCUT2D eigenvalue weighted by Gasteiger charge is -2.08. The molecule has 0 N–H and O–H groups in total. The first kappa shape index (κ1) is 14.1. The maximum Gasteiger partial charge on any atom is 0.178 e. The summed E-state index contributed by atoms with van der Waals surface area (Å²) in [5, 5.41) is 2.83. The smallest absolute Gasteiger partial charge is 0.178 e. The minimum Gasteiger partial charge on any atom is -0.459 e. The highest BCUT2D eigenvalue weighted by atomic mass is 28.3. The van der Waals surface area contributed by atoms with Crippen LogP contribution in [-0.4, -0.2) is 37.6 Å². The Morgan fingerprint density at radius 3 is 1.31 bits per heavy atom. The van der Waals surface area contributed by atoms with Crippen LogP contribution in [0.4, 0.5) is 0 Å². The van der Waals surface area contributed by atoms with E-state index in [0.717, 1.165) is 0 Å². The Labute approximate surface area is 107 Å². The summed E-state index contributed by atoms with van der Waals surface area (Å²) in [4.78, 5) is 0. The van der Waals surface area contributed by atoms with Crippen LogP contribution in [0.15, 0.2) is 24.3 Å². The predicted molar refractivity (Wildman–Crippen MR) is 82.7 cm³/mol. The number of rotatable bonds is 6. The van der Waals surface area contributed by atoms with Gasteiger partial charge in [-0.1, -0.05) is 24.3 Å². The minimum atomic E-state index is -0.828. The molecule has 90 valence electrons. The topological polar surface area (TPSA) is 18.5 Å². The summed E-state index contributed by atoms with van der Waals surface area (Å²) in [5.74, 6) is 0. The zero-order chi connectivity index (χ0) is 12.0. The van der Waals surface area contributed by atoms with Gasteiger partial charge in [-0.05, 0) is 36.6 Å². The Bertz CT molecular complexity index is 269. The van der Waals surface area contributed by atoms with Crippen LogP contribution in [0.25, 0.3) is 0 Å². The van der Waals surface area contributed by atoms with Crippen molar-refractivity contribution in [1.82, 2.24) is 0 Å². The van der Waals surface area contributed by atoms with Crippen molar-refractivity contribution in [3.05, 3.63) is 24.3 Å². The van der Waals surface area contributed by atoms with Crippen molar-refractivity contribution < 1.29 is 8.23 Å². The Morgan fingerprint density at radius 2 is 1.06 bits per heavy atom. The molecule has 0 fully saturated rings. The van der Waals surface area contributed by atoms with E-state index in [0.29, 0.717) is 0 Å². The van der Waals surface area contributed by atoms with Crippen LogP contribution in [0.3, 0.4) is 0 Å². The normalized spacial score (nSPS) is 12.9. The van der Waals surface area contributed by atoms with Crippen LogP contribution in [0.2, 0.25) is 26.2 Å². The van der Waals surface area contributed by atoms with Gasteiger partial charge < -0.3 is 8.23 Å². The van der Waals surface area contributed by atoms with Crippen molar-refractivity contribution >= 4 is 48.0 Å². The molecule has 0 aliphatic heterocycles. The van der Waals surface area contributed by atoms with Gasteiger partial charge in [0.1, 0.15) is 0 Å². The second kappa shape index (κ2) is 7.36. The molecule has 0 spiro atoms. The fourth-order valence-electron chi connectivity index (χ4n) is 1.26. The minimum absolute atomic E-state index is 0.459. The number of hydrogen-bond donors (Lipinski definition) is 0. The van der Waals surface area contributed by atoms with Gasteiger partial charge in [-0.25, -0.2) is 0 Å². The Morgan fingerprint density at radius 1 is 0.750 bits per heavy atom. The first-order valence-electron chi connectivity index (χ1n) is 5.89. The molecule has 0 unspecified atom stereocenters. The predicted octanol–water partition coefficient (Wildman–Crippen LogP) is -0.895. The van der Waals surface area contributed by atoms with Crippen LogP contribution in [-0.2, 0) is 8.23 Å². The molecule has 0 aliphatic rings. The summed E-state index contributed by atoms with van der Waals surface area (Å²) in [7, 11) is -2.58. The maximum absolute atomic E-state index is 5.83. The Kier molecular flexibility index (Phi) is 6.47. The van der Waals surface area contributed by atoms with Crippen LogP contribution in [0, 0.1) is 0 Å². The van der Waals surface area contributed by atoms with Gasteiger partial charge in [0.25, 0.3) is 0 Å². The average Bonchev–Trinajstić information content (AvgIpc) is 2.25. The average molecular weight is 287 g/mol. The summed E-state index contributed by atoms with van der Waals surface area (Å²) < 4.78 is 11.7. The Balaban J connectivity index is 2.41. The Hall–Kier alpha value is 0.00753. The van der Waals surface area contributed by atoms with E-state index in [-0.39, 0.29) is 0 Å². The summed E-state index contributed by atoms with van der Waals surface area (Å²) >= 11 is 0. The molecule has 0 saturated heterocycles. The third-order valence-corrected chi connectivity index (χ3v) is 10.5. The lowest BCUT2D eigenvalue weighted by molar-refractivity contribution is 0.633. The fraction of sp³-hybridized carbons (Fsp3) is 0.400. The van der Waals surface area contributed by atoms with E-state index in [4.69, 9.17) is 8.23 Å². The summed E-state index contributed by atoms with van der Waals surface area (Å²) in [6.07, 6.45) is 0. The molecule has 0 heterocycles. The third kappa shape index (κ3) is 5.92. The quantitative estimate of drug-likeness (QED) is 0.632. The van der Waals surface area contributed by atoms with E-state index in [2.05, 4.69) is 50.5 Å². The molecule has 0 bridgehead atoms. The molecule has 6 heteroatoms. The van der Waals surface area contributed by atoms with Crippen molar-refractivity contribution in [1.29, 1.82) is 0 Å². The van der Waals surface area contributed by atoms with Crippen molar-refractivity contribution in [2.45, 2.75) is 26.2 Å². The molecule has 0 aliphatic carbocycles. The highest BCUT2D eigenvalue weighted by Gasteiger charge is 2.01. The van der Waals surface area contributed by atoms with Crippen LogP contribution < -0.4 is 10.4 Å². The first-order valence-corrected chi connectivity index (χ1v) is 14.0. The fourth-order valence-corrected chi connectivity index (χ4v) is 6.32. The second-order valence-electron chi connectivity index (χ2n) is 4.54. The van der Waals surface area contributed by atoms with Gasteiger partial charge in [0.05, 0.1) is 0 Å². The van der Waals surface area contributed by atoms with Crippen molar-refractivity contribution in [3.63, 3.8) is 0 Å². The molecule has 0 saturated carbocycles. The van der Waals surface area contributed by atoms with Gasteiger partial charge in [0, 0.05) is 0 Å². The molecule has 2 nitrogen and oxygen atoms in total. The highest BCUT2D eigenvalue weighted by molar-refractivity contribution is 6.62. The lowest BCUT2D eigenvalue weighted by Crippen LogP contribution is -2.27. The standard InChI is InChI=1S/C10H22O2Si4/c1-15(2)11-13-9-5-7-10(8-6-9)14-12-16(3)4/h5-8,15-16H,13-14H2,1-4H3. The molecule has 0 radical (unpaired) electrons. The summed E-state index contributed by atoms with van der Waals surface area (Å²) in [6.45, 7) is 8.93. The van der Waals surface area contributed by atoms with Crippen LogP contribution >= 0.6 is 0 Å². The van der Waals surface area contributed by atoms with E-state index in [9.17, 15) is 0 Å². The van der Waals surface area contributed by atoms with Gasteiger partial charge in [-0.3, -0.25) is 0 Å². The van der Waals surface area contributed by atoms with Gasteiger partial charge in [0.2, 0.25) is 0 Å². The van der Waals surface area contributed by atoms with Crippen molar-refractivity contribution in [2.24, 2.45) is 0 Å². The second-order valence-corrected chi connectivity index (χ2v) is 13.6. The van der Waals surface area contributed by atoms with Crippen LogP contribution in [0.5, 0.6) is 0 Å². The maximum atomic E-state index is 5.83. The molecule has 1 rings (SSSR count). The lowest BCUT2D eigenvalue weighted by atomic mass is 10.4. The van der Waals surface area contributed by atoms with E-state index in [1.807, 2.05) is 0 Å². The van der Waals surface area contributed by atoms with Gasteiger partial charge in [-0.2, -0.15) is 0 Å². The number of benzene rings is 1. The SMILES string of the molecule is C[SiH](C)O[SiH2]c1ccc([SiH2]O[SiH](C)C)cc1. The molecule has 0 aromatic heterocycles. The third-order valence-electron chi connectivity index (χ3n) is 2.19. The van der Waals surface area contributed by atoms with Gasteiger partial charge in [-0.15, -0.1) is 0 Å². The van der Waals surface area contributed by atoms with Gasteiger partial charge in [0.15, 0.2) is 37.6 Å². The molecular formula is C10H22O2Si4. The van der Waals surface area contributed by atoms with E-state index >= 15 is 0 Å². The van der Waals surface area contributed by atoms with Crippen molar-refractivity contribution in [2.75, 3.05) is 0 Å². The zero-order valence-corrected chi connectivity index (χ0v) is 15.8. The molecule has 0 atom stereocenters. The highest BCUT2D eigenvalue weighted by Crippen LogP contribution is 1.86. The molecular weight excluding hydrogens is 264 g/mol. The summed E-state index contributed by atoms with van der Waals surface area (Å²) in [6, 6.07) is 8.93. The number of hydrogen-bond acceptors (Lipinski definition) is 2. The van der Waals surface area contributed by atoms with E-state index < -0.39 is 37.6 Å². The summed E-state index contributed by atoms with van der Waals surface area (Å²) in [5.41, 5.74) is 0. The van der Waals surface area contributed by atoms with Gasteiger partial charge >= 0.3 is 0 Å². The zero-order valence-electron chi connectivity index (χ0n) is 10.7. The van der Waals surface area contributed by atoms with Crippen LogP contribution in [0.1, 0.15) is 0 Å². The first-order chi connectivity index (χ1) is 7.58. The molecule has 1 aromatic carbocycles. The molecule has 16 heavy (non-hydrogen) atoms. The van der Waals surface area contributed by atoms with E-state index in [1.54, 1.807) is 0 Å². The monoisotopic (exact) mass is 286 g/mol. The largest absolute Gasteiger partial charge is 0.459 e. The molecule has 1 aromatic rings. The van der Waals surface area contributed by atoms with Crippen molar-refractivity contribution in [3.8, 4) is 0 Å².